The first kappa shape index (κ1) is 11.8. The Morgan fingerprint density at radius 1 is 1.31 bits per heavy atom. The van der Waals surface area contributed by atoms with Crippen molar-refractivity contribution in [2.24, 2.45) is 0 Å². The lowest BCUT2D eigenvalue weighted by Crippen LogP contribution is -1.94. The zero-order valence-corrected chi connectivity index (χ0v) is 8.84. The minimum atomic E-state index is -0.503. The van der Waals surface area contributed by atoms with Gasteiger partial charge in [0.2, 0.25) is 5.70 Å². The predicted octanol–water partition coefficient (Wildman–Crippen LogP) is 2.54. The Bertz CT molecular complexity index is 480. The average Bonchev–Trinajstić information content (AvgIpc) is 2.16. The fourth-order valence-electron chi connectivity index (χ4n) is 1.27. The molecule has 0 unspecified atom stereocenters. The van der Waals surface area contributed by atoms with Gasteiger partial charge in [-0.25, -0.2) is 0 Å². The number of hydrogen-bond donors (Lipinski definition) is 0. The lowest BCUT2D eigenvalue weighted by Gasteiger charge is -1.98. The van der Waals surface area contributed by atoms with E-state index in [0.29, 0.717) is 11.1 Å². The van der Waals surface area contributed by atoms with Gasteiger partial charge in [0.25, 0.3) is 5.69 Å². The smallest absolute Gasteiger partial charge is 0.259 e. The first-order valence-electron chi connectivity index (χ1n) is 4.49. The number of rotatable bonds is 3. The maximum atomic E-state index is 10.5. The summed E-state index contributed by atoms with van der Waals surface area (Å²) in [5, 5.41) is 20.9. The molecule has 0 bridgehead atoms. The lowest BCUT2D eigenvalue weighted by molar-refractivity contribution is -0.422. The minimum Gasteiger partial charge on any atom is -0.259 e. The second kappa shape index (κ2) is 4.52. The first-order valence-corrected chi connectivity index (χ1v) is 4.49. The monoisotopic (exact) mass is 222 g/mol. The third-order valence-electron chi connectivity index (χ3n) is 2.08. The van der Waals surface area contributed by atoms with Gasteiger partial charge >= 0.3 is 0 Å². The lowest BCUT2D eigenvalue weighted by atomic mass is 10.1. The number of nitro groups is 2. The van der Waals surface area contributed by atoms with Crippen LogP contribution < -0.4 is 0 Å². The van der Waals surface area contributed by atoms with E-state index in [1.165, 1.54) is 25.1 Å². The van der Waals surface area contributed by atoms with Crippen molar-refractivity contribution in [2.45, 2.75) is 13.8 Å². The summed E-state index contributed by atoms with van der Waals surface area (Å²) in [5.41, 5.74) is 1.07. The topological polar surface area (TPSA) is 86.3 Å². The predicted molar refractivity (Wildman–Crippen MR) is 58.5 cm³/mol. The maximum Gasteiger partial charge on any atom is 0.272 e. The third-order valence-corrected chi connectivity index (χ3v) is 2.08. The van der Waals surface area contributed by atoms with E-state index in [2.05, 4.69) is 0 Å². The summed E-state index contributed by atoms with van der Waals surface area (Å²) in [6, 6.07) is 4.37. The fraction of sp³-hybridized carbons (Fsp3) is 0.200. The summed E-state index contributed by atoms with van der Waals surface area (Å²) in [6.07, 6.45) is 1.37. The van der Waals surface area contributed by atoms with Crippen LogP contribution in [0.4, 0.5) is 5.69 Å². The number of nitro benzene ring substituents is 1. The van der Waals surface area contributed by atoms with Gasteiger partial charge in [-0.2, -0.15) is 0 Å². The molecule has 0 spiro atoms. The molecule has 0 aliphatic carbocycles. The Hall–Kier alpha value is -2.24. The Labute approximate surface area is 91.5 Å². The van der Waals surface area contributed by atoms with Crippen LogP contribution in [0.3, 0.4) is 0 Å². The molecule has 0 aliphatic rings. The van der Waals surface area contributed by atoms with E-state index in [1.807, 2.05) is 0 Å². The maximum absolute atomic E-state index is 10.5. The summed E-state index contributed by atoms with van der Waals surface area (Å²) < 4.78 is 0. The van der Waals surface area contributed by atoms with Gasteiger partial charge in [-0.1, -0.05) is 0 Å². The molecule has 1 rings (SSSR count). The molecule has 0 saturated heterocycles. The highest BCUT2D eigenvalue weighted by Crippen LogP contribution is 2.20. The molecular weight excluding hydrogens is 212 g/mol. The van der Waals surface area contributed by atoms with Crippen molar-refractivity contribution < 1.29 is 9.85 Å². The van der Waals surface area contributed by atoms with Crippen molar-refractivity contribution in [3.63, 3.8) is 0 Å². The molecule has 0 radical (unpaired) electrons. The molecule has 1 aromatic rings. The van der Waals surface area contributed by atoms with Crippen molar-refractivity contribution in [1.82, 2.24) is 0 Å². The highest BCUT2D eigenvalue weighted by atomic mass is 16.6. The van der Waals surface area contributed by atoms with E-state index in [4.69, 9.17) is 0 Å². The quantitative estimate of drug-likeness (QED) is 0.580. The molecule has 0 atom stereocenters. The van der Waals surface area contributed by atoms with Crippen LogP contribution >= 0.6 is 0 Å². The standard InChI is InChI=1S/C10H10N2O4/c1-7-5-9(6-8(2)11(13)14)3-4-10(7)12(15)16/h3-6H,1-2H3/b8-6+. The number of nitrogens with zero attached hydrogens (tertiary/aromatic N) is 2. The molecule has 1 aromatic carbocycles. The van der Waals surface area contributed by atoms with Gasteiger partial charge in [0.15, 0.2) is 0 Å². The normalized spacial score (nSPS) is 11.2. The first-order chi connectivity index (χ1) is 7.41. The molecule has 0 aliphatic heterocycles. The van der Waals surface area contributed by atoms with Crippen LogP contribution in [0.25, 0.3) is 6.08 Å². The molecule has 0 fully saturated rings. The van der Waals surface area contributed by atoms with Crippen molar-refractivity contribution >= 4 is 11.8 Å². The van der Waals surface area contributed by atoms with E-state index >= 15 is 0 Å². The molecule has 16 heavy (non-hydrogen) atoms. The molecule has 84 valence electrons. The fourth-order valence-corrected chi connectivity index (χ4v) is 1.27. The Kier molecular flexibility index (Phi) is 3.34. The summed E-state index contributed by atoms with van der Waals surface area (Å²) in [5.74, 6) is 0. The Balaban J connectivity index is 3.12. The van der Waals surface area contributed by atoms with E-state index < -0.39 is 9.85 Å². The molecule has 6 nitrogen and oxygen atoms in total. The highest BCUT2D eigenvalue weighted by Gasteiger charge is 2.10. The molecular formula is C10H10N2O4. The van der Waals surface area contributed by atoms with Crippen molar-refractivity contribution in [3.8, 4) is 0 Å². The SMILES string of the molecule is C/C(=C\c1ccc([N+](=O)[O-])c(C)c1)[N+](=O)[O-]. The molecule has 0 amide bonds. The van der Waals surface area contributed by atoms with E-state index in [1.54, 1.807) is 13.0 Å². The van der Waals surface area contributed by atoms with Gasteiger partial charge in [0.1, 0.15) is 0 Å². The summed E-state index contributed by atoms with van der Waals surface area (Å²) in [4.78, 5) is 20.0. The van der Waals surface area contributed by atoms with Crippen LogP contribution in [0.1, 0.15) is 18.1 Å². The summed E-state index contributed by atoms with van der Waals surface area (Å²) in [6.45, 7) is 2.97. The molecule has 0 saturated carbocycles. The second-order valence-corrected chi connectivity index (χ2v) is 3.35. The van der Waals surface area contributed by atoms with Crippen molar-refractivity contribution in [1.29, 1.82) is 0 Å². The molecule has 0 aromatic heterocycles. The highest BCUT2D eigenvalue weighted by molar-refractivity contribution is 5.55. The van der Waals surface area contributed by atoms with Crippen LogP contribution in [-0.4, -0.2) is 9.85 Å². The largest absolute Gasteiger partial charge is 0.272 e. The van der Waals surface area contributed by atoms with E-state index in [0.717, 1.165) is 0 Å². The van der Waals surface area contributed by atoms with Crippen LogP contribution in [0, 0.1) is 27.2 Å². The molecule has 0 heterocycles. The van der Waals surface area contributed by atoms with Crippen LogP contribution in [-0.2, 0) is 0 Å². The van der Waals surface area contributed by atoms with Crippen LogP contribution in [0.2, 0.25) is 0 Å². The van der Waals surface area contributed by atoms with Gasteiger partial charge in [-0.15, -0.1) is 0 Å². The summed E-state index contributed by atoms with van der Waals surface area (Å²) >= 11 is 0. The van der Waals surface area contributed by atoms with Gasteiger partial charge in [0, 0.05) is 24.6 Å². The zero-order valence-electron chi connectivity index (χ0n) is 8.84. The van der Waals surface area contributed by atoms with Gasteiger partial charge < -0.3 is 0 Å². The number of allylic oxidation sites excluding steroid dienone is 1. The summed E-state index contributed by atoms with van der Waals surface area (Å²) in [7, 11) is 0. The second-order valence-electron chi connectivity index (χ2n) is 3.35. The number of benzene rings is 1. The molecule has 6 heteroatoms. The van der Waals surface area contributed by atoms with Crippen LogP contribution in [0.15, 0.2) is 23.9 Å². The minimum absolute atomic E-state index is 0.00625. The van der Waals surface area contributed by atoms with E-state index in [-0.39, 0.29) is 11.4 Å². The Morgan fingerprint density at radius 2 is 1.94 bits per heavy atom. The van der Waals surface area contributed by atoms with Crippen LogP contribution in [0.5, 0.6) is 0 Å². The van der Waals surface area contributed by atoms with Gasteiger partial charge in [-0.05, 0) is 24.6 Å². The average molecular weight is 222 g/mol. The number of aryl methyl sites for hydroxylation is 1. The number of hydrogen-bond acceptors (Lipinski definition) is 4. The molecule has 0 N–H and O–H groups in total. The van der Waals surface area contributed by atoms with Crippen molar-refractivity contribution in [3.05, 3.63) is 55.3 Å². The van der Waals surface area contributed by atoms with E-state index in [9.17, 15) is 20.2 Å². The van der Waals surface area contributed by atoms with Gasteiger partial charge in [-0.3, -0.25) is 20.2 Å². The van der Waals surface area contributed by atoms with Gasteiger partial charge in [0.05, 0.1) is 9.85 Å². The van der Waals surface area contributed by atoms with Crippen molar-refractivity contribution in [2.75, 3.05) is 0 Å². The zero-order chi connectivity index (χ0) is 12.3. The Morgan fingerprint density at radius 3 is 2.38 bits per heavy atom. The third kappa shape index (κ3) is 2.63.